The first-order valence-electron chi connectivity index (χ1n) is 10.1. The van der Waals surface area contributed by atoms with Crippen LogP contribution in [0.5, 0.6) is 11.5 Å². The molecule has 33 heavy (non-hydrogen) atoms. The van der Waals surface area contributed by atoms with E-state index in [2.05, 4.69) is 15.4 Å². The van der Waals surface area contributed by atoms with Gasteiger partial charge in [0.1, 0.15) is 5.69 Å². The lowest BCUT2D eigenvalue weighted by Gasteiger charge is -2.24. The summed E-state index contributed by atoms with van der Waals surface area (Å²) >= 11 is 1.18. The molecule has 0 saturated carbocycles. The highest BCUT2D eigenvalue weighted by Gasteiger charge is 2.24. The van der Waals surface area contributed by atoms with Crippen LogP contribution in [0.3, 0.4) is 0 Å². The predicted octanol–water partition coefficient (Wildman–Crippen LogP) is 4.42. The van der Waals surface area contributed by atoms with Crippen LogP contribution >= 0.6 is 11.8 Å². The fourth-order valence-electron chi connectivity index (χ4n) is 3.30. The van der Waals surface area contributed by atoms with Crippen molar-refractivity contribution >= 4 is 34.3 Å². The van der Waals surface area contributed by atoms with Crippen molar-refractivity contribution < 1.29 is 19.1 Å². The number of methoxy groups -OCH3 is 2. The lowest BCUT2D eigenvalue weighted by atomic mass is 10.1. The quantitative estimate of drug-likeness (QED) is 0.559. The van der Waals surface area contributed by atoms with E-state index in [-0.39, 0.29) is 17.7 Å². The van der Waals surface area contributed by atoms with Gasteiger partial charge in [0.2, 0.25) is 0 Å². The maximum absolute atomic E-state index is 12.6. The Hall–Kier alpha value is -3.85. The number of nitrogens with one attached hydrogen (secondary N) is 1. The maximum Gasteiger partial charge on any atom is 0.302 e. The van der Waals surface area contributed by atoms with Gasteiger partial charge in [-0.3, -0.25) is 14.6 Å². The van der Waals surface area contributed by atoms with E-state index in [9.17, 15) is 9.59 Å². The number of carbonyl (C=O) groups is 2. The Kier molecular flexibility index (Phi) is 6.89. The van der Waals surface area contributed by atoms with Crippen LogP contribution in [-0.2, 0) is 6.54 Å². The zero-order valence-corrected chi connectivity index (χ0v) is 19.0. The van der Waals surface area contributed by atoms with Gasteiger partial charge in [-0.2, -0.15) is 5.10 Å². The van der Waals surface area contributed by atoms with Crippen LogP contribution in [0.1, 0.15) is 21.6 Å². The van der Waals surface area contributed by atoms with Crippen molar-refractivity contribution in [2.45, 2.75) is 6.54 Å². The third-order valence-corrected chi connectivity index (χ3v) is 5.86. The van der Waals surface area contributed by atoms with Gasteiger partial charge < -0.3 is 14.8 Å². The van der Waals surface area contributed by atoms with E-state index >= 15 is 0 Å². The molecule has 0 saturated heterocycles. The molecule has 2 amide bonds. The molecule has 0 radical (unpaired) electrons. The Morgan fingerprint density at radius 1 is 1.06 bits per heavy atom. The van der Waals surface area contributed by atoms with Crippen molar-refractivity contribution in [3.63, 3.8) is 0 Å². The van der Waals surface area contributed by atoms with Crippen molar-refractivity contribution in [2.75, 3.05) is 25.3 Å². The van der Waals surface area contributed by atoms with Crippen molar-refractivity contribution in [1.29, 1.82) is 0 Å². The number of carbonyl (C=O) groups excluding carboxylic acids is 2. The molecule has 1 aliphatic rings. The average molecular weight is 463 g/mol. The number of hydrogen-bond acceptors (Lipinski definition) is 7. The Bertz CT molecular complexity index is 1200. The van der Waals surface area contributed by atoms with Crippen LogP contribution in [0.15, 0.2) is 72.0 Å². The molecule has 1 aliphatic heterocycles. The van der Waals surface area contributed by atoms with Crippen LogP contribution in [0.2, 0.25) is 0 Å². The molecule has 0 atom stereocenters. The topological polar surface area (TPSA) is 93.1 Å². The highest BCUT2D eigenvalue weighted by molar-refractivity contribution is 8.14. The Morgan fingerprint density at radius 2 is 1.85 bits per heavy atom. The summed E-state index contributed by atoms with van der Waals surface area (Å²) < 4.78 is 10.7. The van der Waals surface area contributed by atoms with Crippen LogP contribution in [0, 0.1) is 0 Å². The monoisotopic (exact) mass is 462 g/mol. The van der Waals surface area contributed by atoms with E-state index in [0.29, 0.717) is 28.6 Å². The molecule has 0 aliphatic carbocycles. The molecular formula is C24H22N4O4S. The van der Waals surface area contributed by atoms with Crippen molar-refractivity contribution in [3.05, 3.63) is 83.7 Å². The second kappa shape index (κ2) is 10.2. The average Bonchev–Trinajstić information content (AvgIpc) is 2.86. The summed E-state index contributed by atoms with van der Waals surface area (Å²) in [7, 11) is 3.15. The van der Waals surface area contributed by atoms with Gasteiger partial charge in [-0.1, -0.05) is 36.0 Å². The van der Waals surface area contributed by atoms with E-state index in [0.717, 1.165) is 16.8 Å². The summed E-state index contributed by atoms with van der Waals surface area (Å²) in [5.74, 6) is 1.34. The van der Waals surface area contributed by atoms with Crippen molar-refractivity contribution in [2.24, 2.45) is 5.10 Å². The first kappa shape index (κ1) is 22.3. The molecule has 2 aromatic carbocycles. The molecule has 0 unspecified atom stereocenters. The predicted molar refractivity (Wildman–Crippen MR) is 128 cm³/mol. The summed E-state index contributed by atoms with van der Waals surface area (Å²) in [5, 5.41) is 8.72. The van der Waals surface area contributed by atoms with Crippen LogP contribution in [-0.4, -0.2) is 46.8 Å². The second-order valence-electron chi connectivity index (χ2n) is 7.05. The maximum atomic E-state index is 12.6. The summed E-state index contributed by atoms with van der Waals surface area (Å²) in [5.41, 5.74) is 3.25. The van der Waals surface area contributed by atoms with E-state index < -0.39 is 0 Å². The number of para-hydroxylation sites is 1. The third-order valence-electron chi connectivity index (χ3n) is 4.98. The van der Waals surface area contributed by atoms with Crippen molar-refractivity contribution in [1.82, 2.24) is 9.99 Å². The first-order chi connectivity index (χ1) is 16.1. The number of thioether (sulfide) groups is 1. The zero-order valence-electron chi connectivity index (χ0n) is 18.1. The number of hydrazone groups is 1. The number of nitrogens with zero attached hydrogens (tertiary/aromatic N) is 3. The van der Waals surface area contributed by atoms with Crippen molar-refractivity contribution in [3.8, 4) is 11.5 Å². The Balaban J connectivity index is 1.57. The Labute approximate surface area is 195 Å². The molecule has 8 nitrogen and oxygen atoms in total. The standard InChI is InChI=1S/C24H22N4O4S/c1-31-21-11-10-16(13-22(21)32-2)20-15-33-24(30)28(27-20)14-17-7-3-4-8-18(17)26-23(29)19-9-5-6-12-25-19/h3-13H,14-15H2,1-2H3,(H,26,29). The molecule has 0 bridgehead atoms. The first-order valence-corrected chi connectivity index (χ1v) is 11.1. The molecule has 1 N–H and O–H groups in total. The minimum absolute atomic E-state index is 0.162. The lowest BCUT2D eigenvalue weighted by Crippen LogP contribution is -2.30. The molecule has 2 heterocycles. The third kappa shape index (κ3) is 5.15. The minimum Gasteiger partial charge on any atom is -0.493 e. The number of aromatic nitrogens is 1. The summed E-state index contributed by atoms with van der Waals surface area (Å²) in [6, 6.07) is 18.0. The fourth-order valence-corrected chi connectivity index (χ4v) is 4.04. The van der Waals surface area contributed by atoms with Gasteiger partial charge in [0.15, 0.2) is 11.5 Å². The van der Waals surface area contributed by atoms with Crippen LogP contribution in [0.25, 0.3) is 0 Å². The zero-order chi connectivity index (χ0) is 23.2. The fraction of sp³-hybridized carbons (Fsp3) is 0.167. The molecule has 9 heteroatoms. The number of pyridine rings is 1. The SMILES string of the molecule is COc1ccc(C2=NN(Cc3ccccc3NC(=O)c3ccccn3)C(=O)SC2)cc1OC. The smallest absolute Gasteiger partial charge is 0.302 e. The minimum atomic E-state index is -0.322. The lowest BCUT2D eigenvalue weighted by molar-refractivity contribution is 0.102. The van der Waals surface area contributed by atoms with Gasteiger partial charge >= 0.3 is 5.24 Å². The highest BCUT2D eigenvalue weighted by atomic mass is 32.2. The van der Waals surface area contributed by atoms with E-state index in [4.69, 9.17) is 9.47 Å². The van der Waals surface area contributed by atoms with Gasteiger partial charge in [0.05, 0.1) is 26.5 Å². The summed E-state index contributed by atoms with van der Waals surface area (Å²) in [6.07, 6.45) is 1.56. The summed E-state index contributed by atoms with van der Waals surface area (Å²) in [6.45, 7) is 0.210. The number of ether oxygens (including phenoxy) is 2. The highest BCUT2D eigenvalue weighted by Crippen LogP contribution is 2.30. The molecule has 1 aromatic heterocycles. The second-order valence-corrected chi connectivity index (χ2v) is 7.98. The molecular weight excluding hydrogens is 440 g/mol. The molecule has 0 fully saturated rings. The van der Waals surface area contributed by atoms with E-state index in [1.165, 1.54) is 16.8 Å². The molecule has 4 rings (SSSR count). The normalized spacial score (nSPS) is 13.3. The molecule has 168 valence electrons. The number of anilines is 1. The van der Waals surface area contributed by atoms with Gasteiger partial charge in [-0.05, 0) is 42.0 Å². The van der Waals surface area contributed by atoms with Gasteiger partial charge in [0.25, 0.3) is 5.91 Å². The van der Waals surface area contributed by atoms with Crippen LogP contribution in [0.4, 0.5) is 10.5 Å². The number of amides is 2. The van der Waals surface area contributed by atoms with E-state index in [1.807, 2.05) is 36.4 Å². The number of benzene rings is 2. The van der Waals surface area contributed by atoms with E-state index in [1.54, 1.807) is 44.7 Å². The van der Waals surface area contributed by atoms with Gasteiger partial charge in [0, 0.05) is 23.2 Å². The van der Waals surface area contributed by atoms with Gasteiger partial charge in [-0.25, -0.2) is 5.01 Å². The molecule has 3 aromatic rings. The van der Waals surface area contributed by atoms with Crippen LogP contribution < -0.4 is 14.8 Å². The van der Waals surface area contributed by atoms with Gasteiger partial charge in [-0.15, -0.1) is 0 Å². The molecule has 0 spiro atoms. The number of hydrogen-bond donors (Lipinski definition) is 1. The number of rotatable bonds is 7. The Morgan fingerprint density at radius 3 is 2.61 bits per heavy atom. The largest absolute Gasteiger partial charge is 0.493 e. The summed E-state index contributed by atoms with van der Waals surface area (Å²) in [4.78, 5) is 29.2.